The van der Waals surface area contributed by atoms with Crippen LogP contribution < -0.4 is 4.90 Å². The van der Waals surface area contributed by atoms with Crippen LogP contribution in [0.3, 0.4) is 0 Å². The highest BCUT2D eigenvalue weighted by atomic mass is 16.7. The zero-order valence-electron chi connectivity index (χ0n) is 14.0. The Morgan fingerprint density at radius 1 is 0.957 bits per heavy atom. The number of hydrogen-bond acceptors (Lipinski definition) is 4. The van der Waals surface area contributed by atoms with Crippen LogP contribution in [-0.4, -0.2) is 56.1 Å². The molecule has 2 aliphatic heterocycles. The molecule has 4 heteroatoms. The van der Waals surface area contributed by atoms with Crippen molar-refractivity contribution in [1.29, 1.82) is 0 Å². The molecule has 23 heavy (non-hydrogen) atoms. The monoisotopic (exact) mass is 316 g/mol. The SMILES string of the molecule is c1ccc(N2CCN(CC3COC4(CCCCC4)O3)CC2)cc1. The minimum absolute atomic E-state index is 0.227. The minimum Gasteiger partial charge on any atom is -0.369 e. The van der Waals surface area contributed by atoms with Gasteiger partial charge in [0.2, 0.25) is 0 Å². The summed E-state index contributed by atoms with van der Waals surface area (Å²) in [5.74, 6) is -0.227. The summed E-state index contributed by atoms with van der Waals surface area (Å²) in [5, 5.41) is 0. The van der Waals surface area contributed by atoms with E-state index < -0.39 is 0 Å². The molecule has 2 saturated heterocycles. The van der Waals surface area contributed by atoms with E-state index in [4.69, 9.17) is 9.47 Å². The van der Waals surface area contributed by atoms with E-state index in [0.29, 0.717) is 0 Å². The number of piperazine rings is 1. The molecule has 126 valence electrons. The lowest BCUT2D eigenvalue weighted by Gasteiger charge is -2.37. The van der Waals surface area contributed by atoms with Crippen molar-refractivity contribution in [3.8, 4) is 0 Å². The summed E-state index contributed by atoms with van der Waals surface area (Å²) in [6.45, 7) is 6.22. The first-order valence-corrected chi connectivity index (χ1v) is 9.17. The van der Waals surface area contributed by atoms with E-state index in [-0.39, 0.29) is 11.9 Å². The third kappa shape index (κ3) is 3.54. The van der Waals surface area contributed by atoms with Crippen LogP contribution in [0.4, 0.5) is 5.69 Å². The van der Waals surface area contributed by atoms with Gasteiger partial charge in [-0.25, -0.2) is 0 Å². The number of rotatable bonds is 3. The summed E-state index contributed by atoms with van der Waals surface area (Å²) >= 11 is 0. The first-order valence-electron chi connectivity index (χ1n) is 9.17. The smallest absolute Gasteiger partial charge is 0.168 e. The van der Waals surface area contributed by atoms with Gasteiger partial charge in [0.1, 0.15) is 0 Å². The van der Waals surface area contributed by atoms with Crippen LogP contribution >= 0.6 is 0 Å². The summed E-state index contributed by atoms with van der Waals surface area (Å²) in [4.78, 5) is 5.01. The Balaban J connectivity index is 1.25. The van der Waals surface area contributed by atoms with Crippen LogP contribution in [0.15, 0.2) is 30.3 Å². The molecule has 0 radical (unpaired) electrons. The lowest BCUT2D eigenvalue weighted by Crippen LogP contribution is -2.49. The highest BCUT2D eigenvalue weighted by Crippen LogP contribution is 2.37. The molecule has 2 heterocycles. The molecule has 4 rings (SSSR count). The van der Waals surface area contributed by atoms with Gasteiger partial charge in [0, 0.05) is 51.3 Å². The fourth-order valence-electron chi connectivity index (χ4n) is 4.17. The van der Waals surface area contributed by atoms with Crippen LogP contribution in [0.2, 0.25) is 0 Å². The summed E-state index contributed by atoms with van der Waals surface area (Å²) in [5.41, 5.74) is 1.34. The second-order valence-corrected chi connectivity index (χ2v) is 7.15. The van der Waals surface area contributed by atoms with Crippen molar-refractivity contribution in [2.75, 3.05) is 44.2 Å². The number of anilines is 1. The molecule has 3 fully saturated rings. The van der Waals surface area contributed by atoms with E-state index >= 15 is 0 Å². The molecule has 4 nitrogen and oxygen atoms in total. The predicted octanol–water partition coefficient (Wildman–Crippen LogP) is 2.88. The molecule has 1 atom stereocenters. The Morgan fingerprint density at radius 2 is 1.70 bits per heavy atom. The van der Waals surface area contributed by atoms with Crippen LogP contribution in [0.25, 0.3) is 0 Å². The third-order valence-electron chi connectivity index (χ3n) is 5.48. The van der Waals surface area contributed by atoms with Crippen LogP contribution in [0.1, 0.15) is 32.1 Å². The lowest BCUT2D eigenvalue weighted by molar-refractivity contribution is -0.188. The van der Waals surface area contributed by atoms with Gasteiger partial charge in [-0.1, -0.05) is 24.6 Å². The van der Waals surface area contributed by atoms with Gasteiger partial charge < -0.3 is 14.4 Å². The lowest BCUT2D eigenvalue weighted by atomic mass is 9.94. The molecular weight excluding hydrogens is 288 g/mol. The Morgan fingerprint density at radius 3 is 2.43 bits per heavy atom. The molecule has 0 N–H and O–H groups in total. The fraction of sp³-hybridized carbons (Fsp3) is 0.684. The Kier molecular flexibility index (Phi) is 4.56. The molecule has 1 saturated carbocycles. The van der Waals surface area contributed by atoms with Crippen molar-refractivity contribution in [3.05, 3.63) is 30.3 Å². The van der Waals surface area contributed by atoms with Gasteiger partial charge in [0.25, 0.3) is 0 Å². The Labute approximate surface area is 139 Å². The van der Waals surface area contributed by atoms with Gasteiger partial charge in [-0.05, 0) is 25.0 Å². The largest absolute Gasteiger partial charge is 0.369 e. The predicted molar refractivity (Wildman–Crippen MR) is 91.7 cm³/mol. The van der Waals surface area contributed by atoms with Gasteiger partial charge in [-0.3, -0.25) is 4.90 Å². The first kappa shape index (κ1) is 15.4. The number of nitrogens with zero attached hydrogens (tertiary/aromatic N) is 2. The molecule has 1 aromatic carbocycles. The molecule has 1 spiro atoms. The number of benzene rings is 1. The second kappa shape index (κ2) is 6.80. The average molecular weight is 316 g/mol. The van der Waals surface area contributed by atoms with Crippen molar-refractivity contribution >= 4 is 5.69 Å². The molecule has 0 amide bonds. The van der Waals surface area contributed by atoms with Crippen LogP contribution in [-0.2, 0) is 9.47 Å². The normalized spacial score (nSPS) is 28.3. The standard InChI is InChI=1S/C19H28N2O2/c1-3-7-17(8-4-1)21-13-11-20(12-14-21)15-18-16-22-19(23-18)9-5-2-6-10-19/h1,3-4,7-8,18H,2,5-6,9-16H2. The maximum absolute atomic E-state index is 6.33. The fourth-order valence-corrected chi connectivity index (χ4v) is 4.17. The van der Waals surface area contributed by atoms with E-state index in [1.165, 1.54) is 24.9 Å². The Hall–Kier alpha value is -1.10. The van der Waals surface area contributed by atoms with Crippen molar-refractivity contribution in [2.45, 2.75) is 44.0 Å². The topological polar surface area (TPSA) is 24.9 Å². The van der Waals surface area contributed by atoms with E-state index in [1.807, 2.05) is 0 Å². The molecule has 3 aliphatic rings. The molecule has 1 unspecified atom stereocenters. The van der Waals surface area contributed by atoms with E-state index in [1.54, 1.807) is 0 Å². The Bertz CT molecular complexity index is 493. The number of hydrogen-bond donors (Lipinski definition) is 0. The van der Waals surface area contributed by atoms with Gasteiger partial charge in [0.15, 0.2) is 5.79 Å². The van der Waals surface area contributed by atoms with Crippen molar-refractivity contribution < 1.29 is 9.47 Å². The molecule has 0 bridgehead atoms. The maximum atomic E-state index is 6.33. The quantitative estimate of drug-likeness (QED) is 0.856. The van der Waals surface area contributed by atoms with Crippen molar-refractivity contribution in [3.63, 3.8) is 0 Å². The van der Waals surface area contributed by atoms with Gasteiger partial charge in [-0.15, -0.1) is 0 Å². The summed E-state index contributed by atoms with van der Waals surface area (Å²) in [6, 6.07) is 10.7. The molecule has 1 aromatic rings. The van der Waals surface area contributed by atoms with E-state index in [9.17, 15) is 0 Å². The van der Waals surface area contributed by atoms with Crippen LogP contribution in [0.5, 0.6) is 0 Å². The maximum Gasteiger partial charge on any atom is 0.168 e. The van der Waals surface area contributed by atoms with Gasteiger partial charge >= 0.3 is 0 Å². The summed E-state index contributed by atoms with van der Waals surface area (Å²) in [7, 11) is 0. The second-order valence-electron chi connectivity index (χ2n) is 7.15. The van der Waals surface area contributed by atoms with E-state index in [2.05, 4.69) is 40.1 Å². The summed E-state index contributed by atoms with van der Waals surface area (Å²) in [6.07, 6.45) is 6.28. The zero-order valence-corrected chi connectivity index (χ0v) is 14.0. The first-order chi connectivity index (χ1) is 11.3. The highest BCUT2D eigenvalue weighted by molar-refractivity contribution is 5.46. The molecule has 0 aromatic heterocycles. The van der Waals surface area contributed by atoms with Crippen molar-refractivity contribution in [1.82, 2.24) is 4.90 Å². The third-order valence-corrected chi connectivity index (χ3v) is 5.48. The molecular formula is C19H28N2O2. The molecule has 1 aliphatic carbocycles. The van der Waals surface area contributed by atoms with E-state index in [0.717, 1.165) is 52.2 Å². The van der Waals surface area contributed by atoms with Gasteiger partial charge in [0.05, 0.1) is 12.7 Å². The van der Waals surface area contributed by atoms with Gasteiger partial charge in [-0.2, -0.15) is 0 Å². The number of ether oxygens (including phenoxy) is 2. The van der Waals surface area contributed by atoms with Crippen LogP contribution in [0, 0.1) is 0 Å². The number of para-hydroxylation sites is 1. The zero-order chi connectivity index (χ0) is 15.5. The minimum atomic E-state index is -0.227. The summed E-state index contributed by atoms with van der Waals surface area (Å²) < 4.78 is 12.4. The highest BCUT2D eigenvalue weighted by Gasteiger charge is 2.42. The average Bonchev–Trinajstić information content (AvgIpc) is 2.99. The van der Waals surface area contributed by atoms with Crippen molar-refractivity contribution in [2.24, 2.45) is 0 Å².